The molecule has 1 aromatic carbocycles. The molecule has 1 aromatic rings. The fourth-order valence-corrected chi connectivity index (χ4v) is 2.34. The highest BCUT2D eigenvalue weighted by Gasteiger charge is 2.13. The molecule has 0 radical (unpaired) electrons. The van der Waals surface area contributed by atoms with Crippen molar-refractivity contribution in [3.63, 3.8) is 0 Å². The van der Waals surface area contributed by atoms with Gasteiger partial charge in [0.1, 0.15) is 0 Å². The summed E-state index contributed by atoms with van der Waals surface area (Å²) >= 11 is 12.2. The van der Waals surface area contributed by atoms with E-state index in [1.807, 2.05) is 6.07 Å². The van der Waals surface area contributed by atoms with Crippen LogP contribution in [0.1, 0.15) is 40.5 Å². The van der Waals surface area contributed by atoms with Crippen LogP contribution in [-0.4, -0.2) is 13.1 Å². The van der Waals surface area contributed by atoms with Gasteiger partial charge in [0.05, 0.1) is 21.4 Å². The number of rotatable bonds is 7. The van der Waals surface area contributed by atoms with Crippen molar-refractivity contribution >= 4 is 34.6 Å². The molecule has 0 fully saturated rings. The lowest BCUT2D eigenvalue weighted by atomic mass is 10.1. The van der Waals surface area contributed by atoms with Crippen molar-refractivity contribution in [1.82, 2.24) is 0 Å². The number of nitrogen functional groups attached to an aromatic ring is 1. The Morgan fingerprint density at radius 3 is 1.85 bits per heavy atom. The minimum Gasteiger partial charge on any atom is -0.397 e. The molecule has 0 aliphatic rings. The van der Waals surface area contributed by atoms with Gasteiger partial charge >= 0.3 is 0 Å². The summed E-state index contributed by atoms with van der Waals surface area (Å²) in [5, 5.41) is 1.08. The zero-order valence-electron chi connectivity index (χ0n) is 12.9. The summed E-state index contributed by atoms with van der Waals surface area (Å²) in [6.07, 6.45) is 2.27. The van der Waals surface area contributed by atoms with E-state index in [0.29, 0.717) is 27.6 Å². The number of nitrogens with zero attached hydrogens (tertiary/aromatic N) is 1. The van der Waals surface area contributed by atoms with Crippen LogP contribution in [0.5, 0.6) is 0 Å². The first kappa shape index (κ1) is 17.5. The predicted molar refractivity (Wildman–Crippen MR) is 92.0 cm³/mol. The van der Waals surface area contributed by atoms with Gasteiger partial charge in [0.25, 0.3) is 0 Å². The quantitative estimate of drug-likeness (QED) is 0.675. The van der Waals surface area contributed by atoms with E-state index in [2.05, 4.69) is 32.6 Å². The number of halogens is 2. The second-order valence-corrected chi connectivity index (χ2v) is 6.99. The van der Waals surface area contributed by atoms with Gasteiger partial charge in [-0.1, -0.05) is 50.9 Å². The largest absolute Gasteiger partial charge is 0.397 e. The van der Waals surface area contributed by atoms with Crippen molar-refractivity contribution in [2.75, 3.05) is 23.7 Å². The van der Waals surface area contributed by atoms with E-state index in [0.717, 1.165) is 31.6 Å². The Morgan fingerprint density at radius 2 is 1.40 bits per heavy atom. The van der Waals surface area contributed by atoms with Crippen molar-refractivity contribution in [3.05, 3.63) is 22.2 Å². The van der Waals surface area contributed by atoms with Crippen molar-refractivity contribution in [3.8, 4) is 0 Å². The van der Waals surface area contributed by atoms with Crippen LogP contribution in [0.3, 0.4) is 0 Å². The first-order chi connectivity index (χ1) is 9.31. The minimum absolute atomic E-state index is 0.514. The van der Waals surface area contributed by atoms with Gasteiger partial charge in [-0.25, -0.2) is 0 Å². The normalized spacial score (nSPS) is 11.4. The van der Waals surface area contributed by atoms with Gasteiger partial charge in [-0.3, -0.25) is 0 Å². The molecule has 4 heteroatoms. The van der Waals surface area contributed by atoms with Crippen LogP contribution >= 0.6 is 23.2 Å². The molecule has 0 aromatic heterocycles. The molecular formula is C16H26Cl2N2. The Morgan fingerprint density at radius 1 is 0.950 bits per heavy atom. The number of anilines is 2. The molecule has 114 valence electrons. The van der Waals surface area contributed by atoms with Crippen LogP contribution < -0.4 is 10.6 Å². The Bertz CT molecular complexity index is 419. The first-order valence-electron chi connectivity index (χ1n) is 7.30. The fraction of sp³-hybridized carbons (Fsp3) is 0.625. The lowest BCUT2D eigenvalue weighted by Gasteiger charge is -2.28. The smallest absolute Gasteiger partial charge is 0.0615 e. The first-order valence-corrected chi connectivity index (χ1v) is 8.06. The summed E-state index contributed by atoms with van der Waals surface area (Å²) in [5.41, 5.74) is 7.82. The van der Waals surface area contributed by atoms with Gasteiger partial charge in [-0.2, -0.15) is 0 Å². The average Bonchev–Trinajstić information content (AvgIpc) is 2.34. The fourth-order valence-electron chi connectivity index (χ4n) is 2.01. The summed E-state index contributed by atoms with van der Waals surface area (Å²) in [7, 11) is 0. The van der Waals surface area contributed by atoms with E-state index in [-0.39, 0.29) is 0 Å². The van der Waals surface area contributed by atoms with E-state index >= 15 is 0 Å². The topological polar surface area (TPSA) is 29.3 Å². The molecule has 0 bridgehead atoms. The number of hydrogen-bond donors (Lipinski definition) is 1. The lowest BCUT2D eigenvalue weighted by molar-refractivity contribution is 0.535. The summed E-state index contributed by atoms with van der Waals surface area (Å²) in [5.74, 6) is 1.33. The SMILES string of the molecule is CC(C)CCN(CCC(C)C)c1cc(Cl)c(Cl)cc1N. The molecule has 0 heterocycles. The predicted octanol–water partition coefficient (Wildman–Crippen LogP) is 5.47. The molecule has 0 saturated carbocycles. The van der Waals surface area contributed by atoms with Crippen molar-refractivity contribution < 1.29 is 0 Å². The van der Waals surface area contributed by atoms with Crippen molar-refractivity contribution in [1.29, 1.82) is 0 Å². The molecular weight excluding hydrogens is 291 g/mol. The number of nitrogens with two attached hydrogens (primary N) is 1. The van der Waals surface area contributed by atoms with Gasteiger partial charge in [0.2, 0.25) is 0 Å². The van der Waals surface area contributed by atoms with Gasteiger partial charge in [-0.15, -0.1) is 0 Å². The monoisotopic (exact) mass is 316 g/mol. The highest BCUT2D eigenvalue weighted by Crippen LogP contribution is 2.33. The Balaban J connectivity index is 2.93. The zero-order chi connectivity index (χ0) is 15.3. The van der Waals surface area contributed by atoms with Crippen molar-refractivity contribution in [2.24, 2.45) is 11.8 Å². The van der Waals surface area contributed by atoms with E-state index in [1.165, 1.54) is 0 Å². The lowest BCUT2D eigenvalue weighted by Crippen LogP contribution is -2.28. The maximum atomic E-state index is 6.14. The van der Waals surface area contributed by atoms with E-state index in [4.69, 9.17) is 28.9 Å². The van der Waals surface area contributed by atoms with Crippen LogP contribution in [0.4, 0.5) is 11.4 Å². The van der Waals surface area contributed by atoms with Gasteiger partial charge in [0, 0.05) is 13.1 Å². The summed E-state index contributed by atoms with van der Waals surface area (Å²) in [4.78, 5) is 2.33. The third kappa shape index (κ3) is 5.41. The van der Waals surface area contributed by atoms with E-state index in [9.17, 15) is 0 Å². The summed E-state index contributed by atoms with van der Waals surface area (Å²) in [6, 6.07) is 3.64. The molecule has 0 unspecified atom stereocenters. The second-order valence-electron chi connectivity index (χ2n) is 6.18. The highest BCUT2D eigenvalue weighted by molar-refractivity contribution is 6.42. The van der Waals surface area contributed by atoms with Crippen LogP contribution in [0.25, 0.3) is 0 Å². The number of hydrogen-bond acceptors (Lipinski definition) is 2. The maximum absolute atomic E-state index is 6.14. The summed E-state index contributed by atoms with van der Waals surface area (Å²) in [6.45, 7) is 10.9. The van der Waals surface area contributed by atoms with Crippen LogP contribution in [-0.2, 0) is 0 Å². The number of benzene rings is 1. The molecule has 0 aliphatic heterocycles. The van der Waals surface area contributed by atoms with E-state index in [1.54, 1.807) is 6.07 Å². The van der Waals surface area contributed by atoms with E-state index < -0.39 is 0 Å². The average molecular weight is 317 g/mol. The maximum Gasteiger partial charge on any atom is 0.0615 e. The van der Waals surface area contributed by atoms with Gasteiger partial charge in [-0.05, 0) is 36.8 Å². The van der Waals surface area contributed by atoms with Gasteiger partial charge < -0.3 is 10.6 Å². The van der Waals surface area contributed by atoms with Crippen LogP contribution in [0.15, 0.2) is 12.1 Å². The zero-order valence-corrected chi connectivity index (χ0v) is 14.4. The molecule has 2 nitrogen and oxygen atoms in total. The highest BCUT2D eigenvalue weighted by atomic mass is 35.5. The molecule has 0 aliphatic carbocycles. The molecule has 0 spiro atoms. The van der Waals surface area contributed by atoms with Crippen molar-refractivity contribution in [2.45, 2.75) is 40.5 Å². The molecule has 0 saturated heterocycles. The minimum atomic E-state index is 0.514. The van der Waals surface area contributed by atoms with Crippen LogP contribution in [0.2, 0.25) is 10.0 Å². The Kier molecular flexibility index (Phi) is 6.97. The van der Waals surface area contributed by atoms with Gasteiger partial charge in [0.15, 0.2) is 0 Å². The molecule has 0 amide bonds. The van der Waals surface area contributed by atoms with Crippen LogP contribution in [0, 0.1) is 11.8 Å². The molecule has 0 atom stereocenters. The third-order valence-corrected chi connectivity index (χ3v) is 4.09. The molecule has 1 rings (SSSR count). The Labute approximate surface area is 133 Å². The second kappa shape index (κ2) is 7.99. The standard InChI is InChI=1S/C16H26Cl2N2/c1-11(2)5-7-20(8-6-12(3)4)16-10-14(18)13(17)9-15(16)19/h9-12H,5-8,19H2,1-4H3. The molecule has 20 heavy (non-hydrogen) atoms. The third-order valence-electron chi connectivity index (χ3n) is 3.36. The Hall–Kier alpha value is -0.600. The molecule has 2 N–H and O–H groups in total. The summed E-state index contributed by atoms with van der Waals surface area (Å²) < 4.78 is 0.